The van der Waals surface area contributed by atoms with Gasteiger partial charge in [-0.2, -0.15) is 0 Å². The summed E-state index contributed by atoms with van der Waals surface area (Å²) in [5, 5.41) is 9.56. The maximum atomic E-state index is 12.4. The van der Waals surface area contributed by atoms with E-state index in [2.05, 4.69) is 21.3 Å². The second-order valence-electron chi connectivity index (χ2n) is 7.94. The van der Waals surface area contributed by atoms with Crippen LogP contribution in [0.5, 0.6) is 0 Å². The summed E-state index contributed by atoms with van der Waals surface area (Å²) in [6.07, 6.45) is -1.85. The van der Waals surface area contributed by atoms with Crippen molar-refractivity contribution in [3.63, 3.8) is 0 Å². The van der Waals surface area contributed by atoms with Gasteiger partial charge in [0.05, 0.1) is 0 Å². The van der Waals surface area contributed by atoms with E-state index in [1.807, 2.05) is 0 Å². The molecule has 0 spiro atoms. The Kier molecular flexibility index (Phi) is 11.3. The number of hydrogen-bond acceptors (Lipinski definition) is 7. The molecule has 0 aromatic rings. The molecule has 34 heavy (non-hydrogen) atoms. The van der Waals surface area contributed by atoms with Crippen molar-refractivity contribution in [2.75, 3.05) is 81.5 Å². The van der Waals surface area contributed by atoms with Gasteiger partial charge in [0.15, 0.2) is 0 Å². The predicted molar refractivity (Wildman–Crippen MR) is 128 cm³/mol. The van der Waals surface area contributed by atoms with Crippen molar-refractivity contribution in [3.8, 4) is 0 Å². The number of carbonyl (C=O) groups excluding carboxylic acids is 4. The molecule has 0 heterocycles. The number of hydrogen-bond donors (Lipinski definition) is 5. The van der Waals surface area contributed by atoms with Gasteiger partial charge in [-0.25, -0.2) is 0 Å². The zero-order valence-corrected chi connectivity index (χ0v) is 22.5. The van der Waals surface area contributed by atoms with Crippen molar-refractivity contribution in [2.24, 2.45) is 0 Å². The third-order valence-corrected chi connectivity index (χ3v) is 11.8. The maximum absolute atomic E-state index is 12.4. The van der Waals surface area contributed by atoms with Crippen molar-refractivity contribution in [1.82, 2.24) is 40.9 Å². The molecule has 0 saturated heterocycles. The molecule has 0 bridgehead atoms. The average molecular weight is 533 g/mol. The van der Waals surface area contributed by atoms with Gasteiger partial charge in [-0.15, -0.1) is 0 Å². The van der Waals surface area contributed by atoms with Gasteiger partial charge >= 0.3 is 200 Å². The van der Waals surface area contributed by atoms with Crippen LogP contribution < -0.4 is 21.3 Å². The van der Waals surface area contributed by atoms with E-state index in [1.165, 1.54) is 56.4 Å². The Morgan fingerprint density at radius 1 is 0.647 bits per heavy atom. The van der Waals surface area contributed by atoms with Gasteiger partial charge in [0, 0.05) is 0 Å². The first-order valence-corrected chi connectivity index (χ1v) is 14.2. The number of nitrogens with one attached hydrogen (secondary N) is 4. The molecule has 0 rings (SSSR count). The van der Waals surface area contributed by atoms with E-state index < -0.39 is 66.5 Å². The molecular weight excluding hydrogens is 495 g/mol. The minimum absolute atomic E-state index is 0.463. The normalized spacial score (nSPS) is 12.4. The summed E-state index contributed by atoms with van der Waals surface area (Å²) < 4.78 is 39.8. The minimum atomic E-state index is -5.23. The molecule has 0 saturated carbocycles. The van der Waals surface area contributed by atoms with Gasteiger partial charge in [0.2, 0.25) is 0 Å². The molecule has 8 amide bonds. The Labute approximate surface area is 200 Å². The Morgan fingerprint density at radius 2 is 0.853 bits per heavy atom. The standard InChI is InChI=1S/C16H37N8O8PS/c1-17-13(25)21(5)9-33(32-34(29,30)31,10-22(6)14(26)18-2,11-23(7)15(27)19-3)12-24(8)16(28)20-4/h9-12H2,1-8H3,(H,17,25)(H,18,26)(H,19,27)(H,20,28)(H,29,30,31). The molecule has 200 valence electrons. The van der Waals surface area contributed by atoms with E-state index in [9.17, 15) is 32.1 Å². The Balaban J connectivity index is 7.31. The average Bonchev–Trinajstić information content (AvgIpc) is 2.74. The number of rotatable bonds is 10. The van der Waals surface area contributed by atoms with Gasteiger partial charge in [0.1, 0.15) is 0 Å². The van der Waals surface area contributed by atoms with Crippen LogP contribution in [-0.4, -0.2) is 138 Å². The third-order valence-electron chi connectivity index (χ3n) is 4.83. The van der Waals surface area contributed by atoms with Crippen LogP contribution in [0, 0.1) is 0 Å². The number of amides is 8. The molecule has 0 aliphatic carbocycles. The van der Waals surface area contributed by atoms with Crippen LogP contribution in [-0.2, 0) is 14.4 Å². The molecule has 0 atom stereocenters. The van der Waals surface area contributed by atoms with E-state index in [0.29, 0.717) is 0 Å². The molecular formula is C16H37N8O8PS. The summed E-state index contributed by atoms with van der Waals surface area (Å²) in [7, 11) is 5.53. The molecule has 0 fully saturated rings. The van der Waals surface area contributed by atoms with Crippen LogP contribution in [0.15, 0.2) is 0 Å². The van der Waals surface area contributed by atoms with E-state index in [-0.39, 0.29) is 0 Å². The molecule has 18 heteroatoms. The van der Waals surface area contributed by atoms with Crippen LogP contribution in [0.4, 0.5) is 19.2 Å². The molecule has 5 N–H and O–H groups in total. The number of carbonyl (C=O) groups is 4. The molecule has 0 aromatic heterocycles. The summed E-state index contributed by atoms with van der Waals surface area (Å²) >= 11 is 0. The second-order valence-corrected chi connectivity index (χ2v) is 14.2. The number of urea groups is 4. The van der Waals surface area contributed by atoms with Crippen molar-refractivity contribution >= 4 is 41.4 Å². The molecule has 0 radical (unpaired) electrons. The molecule has 0 unspecified atom stereocenters. The van der Waals surface area contributed by atoms with Crippen LogP contribution in [0.3, 0.4) is 0 Å². The van der Waals surface area contributed by atoms with E-state index in [1.54, 1.807) is 0 Å². The first kappa shape index (κ1) is 31.4. The van der Waals surface area contributed by atoms with Crippen molar-refractivity contribution in [1.29, 1.82) is 0 Å². The summed E-state index contributed by atoms with van der Waals surface area (Å²) in [5.74, 6) is 0. The van der Waals surface area contributed by atoms with Gasteiger partial charge in [-0.3, -0.25) is 0 Å². The molecule has 0 aliphatic heterocycles. The topological polar surface area (TPSA) is 193 Å². The van der Waals surface area contributed by atoms with Crippen LogP contribution in [0.2, 0.25) is 0 Å². The Hall–Kier alpha value is -2.62. The fraction of sp³-hybridized carbons (Fsp3) is 0.750. The van der Waals surface area contributed by atoms with Crippen LogP contribution in [0.25, 0.3) is 0 Å². The fourth-order valence-corrected chi connectivity index (χ4v) is 12.0. The quantitative estimate of drug-likeness (QED) is 0.178. The van der Waals surface area contributed by atoms with Crippen molar-refractivity contribution in [2.45, 2.75) is 0 Å². The SMILES string of the molecule is CNC(=O)N(C)CP(CN(C)C(=O)NC)(CN(C)C(=O)NC)(CN(C)C(=O)NC)OS(=O)(=O)O. The van der Waals surface area contributed by atoms with E-state index in [0.717, 1.165) is 19.6 Å². The Morgan fingerprint density at radius 3 is 1.00 bits per heavy atom. The van der Waals surface area contributed by atoms with Gasteiger partial charge in [0.25, 0.3) is 0 Å². The first-order valence-electron chi connectivity index (χ1n) is 9.89. The molecule has 16 nitrogen and oxygen atoms in total. The predicted octanol–water partition coefficient (Wildman–Crippen LogP) is -0.811. The van der Waals surface area contributed by atoms with Crippen LogP contribution >= 0.6 is 6.83 Å². The van der Waals surface area contributed by atoms with E-state index >= 15 is 0 Å². The zero-order chi connectivity index (χ0) is 26.9. The summed E-state index contributed by atoms with van der Waals surface area (Å²) in [6.45, 7) is -4.75. The zero-order valence-electron chi connectivity index (χ0n) is 20.8. The van der Waals surface area contributed by atoms with Gasteiger partial charge in [-0.05, 0) is 0 Å². The van der Waals surface area contributed by atoms with Gasteiger partial charge < -0.3 is 0 Å². The summed E-state index contributed by atoms with van der Waals surface area (Å²) in [6, 6.07) is -2.55. The summed E-state index contributed by atoms with van der Waals surface area (Å²) in [4.78, 5) is 54.0. The van der Waals surface area contributed by atoms with Crippen LogP contribution in [0.1, 0.15) is 0 Å². The fourth-order valence-electron chi connectivity index (χ4n) is 3.80. The summed E-state index contributed by atoms with van der Waals surface area (Å²) in [5.41, 5.74) is 0. The van der Waals surface area contributed by atoms with Gasteiger partial charge in [-0.1, -0.05) is 0 Å². The third kappa shape index (κ3) is 8.62. The van der Waals surface area contributed by atoms with Crippen molar-refractivity contribution < 1.29 is 36.1 Å². The molecule has 0 aromatic carbocycles. The molecule has 0 aliphatic rings. The Bertz CT molecular complexity index is 766. The first-order chi connectivity index (χ1) is 15.5. The second kappa shape index (κ2) is 12.2. The van der Waals surface area contributed by atoms with E-state index in [4.69, 9.17) is 3.97 Å². The monoisotopic (exact) mass is 532 g/mol. The van der Waals surface area contributed by atoms with Crippen molar-refractivity contribution in [3.05, 3.63) is 0 Å². The number of nitrogens with zero attached hydrogens (tertiary/aromatic N) is 4.